The Balaban J connectivity index is 2.03. The number of ether oxygens (including phenoxy) is 1. The van der Waals surface area contributed by atoms with Crippen LogP contribution < -0.4 is 5.19 Å². The van der Waals surface area contributed by atoms with E-state index in [4.69, 9.17) is 4.74 Å². The highest BCUT2D eigenvalue weighted by Gasteiger charge is 2.34. The van der Waals surface area contributed by atoms with Crippen LogP contribution in [0.5, 0.6) is 0 Å². The summed E-state index contributed by atoms with van der Waals surface area (Å²) in [7, 11) is -1.73. The maximum Gasteiger partial charge on any atom is 0.302 e. The Morgan fingerprint density at radius 2 is 1.68 bits per heavy atom. The second-order valence-electron chi connectivity index (χ2n) is 7.59. The minimum atomic E-state index is -1.73. The molecule has 2 aromatic rings. The monoisotopic (exact) mass is 352 g/mol. The summed E-state index contributed by atoms with van der Waals surface area (Å²) in [5.41, 5.74) is 5.07. The Kier molecular flexibility index (Phi) is 4.65. The summed E-state index contributed by atoms with van der Waals surface area (Å²) in [6.07, 6.45) is 1.60. The molecule has 0 bridgehead atoms. The van der Waals surface area contributed by atoms with Crippen molar-refractivity contribution >= 4 is 25.0 Å². The van der Waals surface area contributed by atoms with E-state index >= 15 is 0 Å². The number of hydrogen-bond acceptors (Lipinski definition) is 3. The van der Waals surface area contributed by atoms with Crippen LogP contribution in [0.25, 0.3) is 11.1 Å². The van der Waals surface area contributed by atoms with E-state index in [0.29, 0.717) is 6.61 Å². The van der Waals surface area contributed by atoms with Gasteiger partial charge >= 0.3 is 5.97 Å². The molecule has 0 unspecified atom stereocenters. The standard InChI is InChI=1S/C21H24O3Si/c1-14(22)24-13-7-8-15-11-12-17-16-9-5-6-10-18(16)20(23)19(17)21(15)25(2,3)4/h5-6,9-12H,7-8,13H2,1-4H3. The Bertz CT molecular complexity index is 847. The molecular formula is C21H24O3Si. The molecule has 0 atom stereocenters. The molecule has 0 N–H and O–H groups in total. The summed E-state index contributed by atoms with van der Waals surface area (Å²) in [5, 5.41) is 1.26. The molecule has 130 valence electrons. The van der Waals surface area contributed by atoms with Crippen molar-refractivity contribution in [3.63, 3.8) is 0 Å². The second kappa shape index (κ2) is 6.60. The van der Waals surface area contributed by atoms with E-state index in [1.54, 1.807) is 0 Å². The van der Waals surface area contributed by atoms with E-state index in [9.17, 15) is 9.59 Å². The van der Waals surface area contributed by atoms with Gasteiger partial charge in [-0.15, -0.1) is 0 Å². The average molecular weight is 353 g/mol. The molecule has 0 spiro atoms. The molecule has 1 aliphatic rings. The van der Waals surface area contributed by atoms with E-state index in [0.717, 1.165) is 35.1 Å². The maximum atomic E-state index is 13.1. The molecule has 25 heavy (non-hydrogen) atoms. The second-order valence-corrected chi connectivity index (χ2v) is 12.6. The highest BCUT2D eigenvalue weighted by Crippen LogP contribution is 2.37. The van der Waals surface area contributed by atoms with Crippen LogP contribution in [0.2, 0.25) is 19.6 Å². The number of benzene rings is 2. The first kappa shape index (κ1) is 17.6. The van der Waals surface area contributed by atoms with Gasteiger partial charge in [0.25, 0.3) is 0 Å². The first-order valence-corrected chi connectivity index (χ1v) is 12.2. The summed E-state index contributed by atoms with van der Waals surface area (Å²) in [6, 6.07) is 12.1. The van der Waals surface area contributed by atoms with Gasteiger partial charge in [0.05, 0.1) is 14.7 Å². The van der Waals surface area contributed by atoms with Gasteiger partial charge in [-0.3, -0.25) is 9.59 Å². The van der Waals surface area contributed by atoms with E-state index in [-0.39, 0.29) is 11.8 Å². The predicted molar refractivity (Wildman–Crippen MR) is 103 cm³/mol. The van der Waals surface area contributed by atoms with Gasteiger partial charge in [0.2, 0.25) is 0 Å². The predicted octanol–water partition coefficient (Wildman–Crippen LogP) is 3.94. The molecule has 1 aliphatic carbocycles. The molecule has 4 heteroatoms. The van der Waals surface area contributed by atoms with E-state index in [1.807, 2.05) is 24.3 Å². The van der Waals surface area contributed by atoms with Gasteiger partial charge in [-0.05, 0) is 34.7 Å². The van der Waals surface area contributed by atoms with Crippen molar-refractivity contribution in [3.05, 3.63) is 53.1 Å². The lowest BCUT2D eigenvalue weighted by Crippen LogP contribution is -2.43. The lowest BCUT2D eigenvalue weighted by Gasteiger charge is -2.24. The normalized spacial score (nSPS) is 12.7. The molecule has 2 aromatic carbocycles. The van der Waals surface area contributed by atoms with Gasteiger partial charge in [0.1, 0.15) is 0 Å². The lowest BCUT2D eigenvalue weighted by molar-refractivity contribution is -0.141. The van der Waals surface area contributed by atoms with Crippen LogP contribution in [-0.2, 0) is 16.0 Å². The van der Waals surface area contributed by atoms with Gasteiger partial charge < -0.3 is 4.74 Å². The van der Waals surface area contributed by atoms with Crippen molar-refractivity contribution in [2.24, 2.45) is 0 Å². The van der Waals surface area contributed by atoms with Gasteiger partial charge in [-0.2, -0.15) is 0 Å². The zero-order valence-corrected chi connectivity index (χ0v) is 16.3. The van der Waals surface area contributed by atoms with Crippen molar-refractivity contribution in [1.82, 2.24) is 0 Å². The molecule has 3 rings (SSSR count). The molecule has 0 aliphatic heterocycles. The SMILES string of the molecule is CC(=O)OCCCc1ccc2c(c1[Si](C)(C)C)C(=O)c1ccccc1-2. The molecule has 0 saturated carbocycles. The number of aryl methyl sites for hydroxylation is 1. The molecule has 0 fully saturated rings. The average Bonchev–Trinajstić information content (AvgIpc) is 2.83. The number of ketones is 1. The summed E-state index contributed by atoms with van der Waals surface area (Å²) >= 11 is 0. The number of carbonyl (C=O) groups excluding carboxylic acids is 2. The third kappa shape index (κ3) is 3.31. The van der Waals surface area contributed by atoms with Crippen molar-refractivity contribution in [3.8, 4) is 11.1 Å². The smallest absolute Gasteiger partial charge is 0.302 e. The van der Waals surface area contributed by atoms with Crippen LogP contribution in [0.1, 0.15) is 34.8 Å². The molecule has 3 nitrogen and oxygen atoms in total. The molecule has 0 saturated heterocycles. The summed E-state index contributed by atoms with van der Waals surface area (Å²) in [4.78, 5) is 24.0. The fourth-order valence-corrected chi connectivity index (χ4v) is 5.87. The Labute approximate surface area is 150 Å². The fourth-order valence-electron chi connectivity index (χ4n) is 3.70. The fraction of sp³-hybridized carbons (Fsp3) is 0.333. The number of rotatable bonds is 5. The van der Waals surface area contributed by atoms with Gasteiger partial charge in [0, 0.05) is 18.1 Å². The Morgan fingerprint density at radius 3 is 2.32 bits per heavy atom. The van der Waals surface area contributed by atoms with Crippen LogP contribution in [0.4, 0.5) is 0 Å². The summed E-state index contributed by atoms with van der Waals surface area (Å²) in [5.74, 6) is -0.0881. The maximum absolute atomic E-state index is 13.1. The van der Waals surface area contributed by atoms with Crippen LogP contribution in [0.15, 0.2) is 36.4 Å². The van der Waals surface area contributed by atoms with Crippen LogP contribution in [0, 0.1) is 0 Å². The van der Waals surface area contributed by atoms with E-state index in [2.05, 4.69) is 31.8 Å². The molecular weight excluding hydrogens is 328 g/mol. The van der Waals surface area contributed by atoms with Gasteiger partial charge in [0.15, 0.2) is 5.78 Å². The molecule has 0 heterocycles. The minimum absolute atomic E-state index is 0.157. The molecule has 0 aromatic heterocycles. The van der Waals surface area contributed by atoms with Gasteiger partial charge in [-0.1, -0.05) is 56.0 Å². The molecule has 0 radical (unpaired) electrons. The van der Waals surface area contributed by atoms with Crippen molar-refractivity contribution in [2.45, 2.75) is 39.4 Å². The van der Waals surface area contributed by atoms with Crippen LogP contribution in [0.3, 0.4) is 0 Å². The van der Waals surface area contributed by atoms with Crippen molar-refractivity contribution in [2.75, 3.05) is 6.61 Å². The van der Waals surface area contributed by atoms with Gasteiger partial charge in [-0.25, -0.2) is 0 Å². The lowest BCUT2D eigenvalue weighted by atomic mass is 10.0. The van der Waals surface area contributed by atoms with Crippen molar-refractivity contribution < 1.29 is 14.3 Å². The third-order valence-electron chi connectivity index (χ3n) is 4.63. The van der Waals surface area contributed by atoms with Crippen molar-refractivity contribution in [1.29, 1.82) is 0 Å². The highest BCUT2D eigenvalue weighted by atomic mass is 28.3. The number of fused-ring (bicyclic) bond motifs is 3. The minimum Gasteiger partial charge on any atom is -0.466 e. The number of carbonyl (C=O) groups is 2. The zero-order chi connectivity index (χ0) is 18.2. The van der Waals surface area contributed by atoms with Crippen LogP contribution in [-0.4, -0.2) is 26.4 Å². The number of esters is 1. The van der Waals surface area contributed by atoms with E-state index in [1.165, 1.54) is 17.7 Å². The van der Waals surface area contributed by atoms with Crippen LogP contribution >= 0.6 is 0 Å². The highest BCUT2D eigenvalue weighted by molar-refractivity contribution is 6.90. The topological polar surface area (TPSA) is 43.4 Å². The third-order valence-corrected chi connectivity index (χ3v) is 6.70. The summed E-state index contributed by atoms with van der Waals surface area (Å²) < 4.78 is 5.06. The largest absolute Gasteiger partial charge is 0.466 e. The first-order valence-electron chi connectivity index (χ1n) is 8.74. The first-order chi connectivity index (χ1) is 11.8. The molecule has 0 amide bonds. The number of hydrogen-bond donors (Lipinski definition) is 0. The zero-order valence-electron chi connectivity index (χ0n) is 15.3. The summed E-state index contributed by atoms with van der Waals surface area (Å²) in [6.45, 7) is 8.71. The van der Waals surface area contributed by atoms with E-state index < -0.39 is 8.07 Å². The quantitative estimate of drug-likeness (QED) is 0.397. The Morgan fingerprint density at radius 1 is 1.00 bits per heavy atom. The Hall–Kier alpha value is -2.20.